The predicted molar refractivity (Wildman–Crippen MR) is 143 cm³/mol. The van der Waals surface area contributed by atoms with Crippen LogP contribution in [0.1, 0.15) is 59.7 Å². The summed E-state index contributed by atoms with van der Waals surface area (Å²) in [5.74, 6) is -0.740. The van der Waals surface area contributed by atoms with Gasteiger partial charge in [-0.05, 0) is 60.7 Å². The smallest absolute Gasteiger partial charge is 0.429 e. The maximum atomic E-state index is 14.8. The first kappa shape index (κ1) is 31.1. The zero-order valence-electron chi connectivity index (χ0n) is 22.5. The number of halogens is 8. The van der Waals surface area contributed by atoms with Gasteiger partial charge in [0.15, 0.2) is 17.5 Å². The Kier molecular flexibility index (Phi) is 9.72. The molecule has 0 unspecified atom stereocenters. The average Bonchev–Trinajstić information content (AvgIpc) is 2.94. The number of aryl methyl sites for hydroxylation is 1. The maximum Gasteiger partial charge on any atom is 0.429 e. The van der Waals surface area contributed by atoms with Crippen LogP contribution in [0, 0.1) is 58.6 Å². The summed E-state index contributed by atoms with van der Waals surface area (Å²) in [7, 11) is 0. The van der Waals surface area contributed by atoms with Crippen LogP contribution in [0.4, 0.5) is 35.1 Å². The first-order valence-electron chi connectivity index (χ1n) is 13.0. The van der Waals surface area contributed by atoms with Gasteiger partial charge in [-0.15, -0.1) is 0 Å². The lowest BCUT2D eigenvalue weighted by Crippen LogP contribution is -2.23. The van der Waals surface area contributed by atoms with Crippen LogP contribution in [0.15, 0.2) is 60.8 Å². The van der Waals surface area contributed by atoms with Crippen molar-refractivity contribution in [2.75, 3.05) is 0 Å². The molecular weight excluding hydrogens is 578 g/mol. The lowest BCUT2D eigenvalue weighted by Gasteiger charge is -2.19. The summed E-state index contributed by atoms with van der Waals surface area (Å²) in [6, 6.07) is 7.99. The van der Waals surface area contributed by atoms with Crippen LogP contribution in [0.3, 0.4) is 0 Å². The number of aromatic nitrogens is 1. The van der Waals surface area contributed by atoms with Crippen molar-refractivity contribution in [2.45, 2.75) is 38.7 Å². The van der Waals surface area contributed by atoms with E-state index in [4.69, 9.17) is 0 Å². The minimum absolute atomic E-state index is 0.0757. The van der Waals surface area contributed by atoms with Crippen LogP contribution < -0.4 is 4.74 Å². The highest BCUT2D eigenvalue weighted by Gasteiger charge is 2.38. The van der Waals surface area contributed by atoms with Crippen LogP contribution in [0.2, 0.25) is 0 Å². The SMILES string of the molecule is CCCCCc1ccc(C#Cc2ccc(C(F)(F)Oc3cc(F)c(C#Cc4cc(F)c(F)c(F)c4)c(F)c3)c(F)c2)nc1. The Bertz CT molecular complexity index is 1720. The summed E-state index contributed by atoms with van der Waals surface area (Å²) in [4.78, 5) is 4.24. The molecular formula is C33H21F8NO. The van der Waals surface area contributed by atoms with Gasteiger partial charge in [0.25, 0.3) is 0 Å². The van der Waals surface area contributed by atoms with Gasteiger partial charge in [0.1, 0.15) is 34.5 Å². The van der Waals surface area contributed by atoms with Crippen molar-refractivity contribution in [1.29, 1.82) is 0 Å². The third kappa shape index (κ3) is 7.92. The second-order valence-electron chi connectivity index (χ2n) is 9.34. The topological polar surface area (TPSA) is 22.1 Å². The summed E-state index contributed by atoms with van der Waals surface area (Å²) in [5.41, 5.74) is -1.04. The molecule has 1 aromatic heterocycles. The number of ether oxygens (including phenoxy) is 1. The number of nitrogens with zero attached hydrogens (tertiary/aromatic N) is 1. The molecule has 0 N–H and O–H groups in total. The molecule has 0 bridgehead atoms. The number of benzene rings is 3. The normalized spacial score (nSPS) is 10.9. The highest BCUT2D eigenvalue weighted by Crippen LogP contribution is 2.34. The van der Waals surface area contributed by atoms with Crippen LogP contribution in [-0.2, 0) is 12.5 Å². The van der Waals surface area contributed by atoms with Crippen molar-refractivity contribution < 1.29 is 39.9 Å². The van der Waals surface area contributed by atoms with E-state index < -0.39 is 63.5 Å². The van der Waals surface area contributed by atoms with Gasteiger partial charge in [0.05, 0.1) is 5.56 Å². The molecule has 0 spiro atoms. The molecule has 0 saturated heterocycles. The van der Waals surface area contributed by atoms with Crippen LogP contribution >= 0.6 is 0 Å². The fourth-order valence-corrected chi connectivity index (χ4v) is 3.88. The fourth-order valence-electron chi connectivity index (χ4n) is 3.88. The standard InChI is InChI=1S/C33H21F8NO/c1-2-3-4-5-21-7-11-23(42-19-21)10-6-20-9-13-26(29(36)14-20)33(40,41)43-24-17-27(34)25(28(35)18-24)12-8-22-15-30(37)32(39)31(38)16-22/h7,9,11,13-19H,2-5H2,1H3. The third-order valence-corrected chi connectivity index (χ3v) is 6.09. The zero-order valence-corrected chi connectivity index (χ0v) is 22.5. The second-order valence-corrected chi connectivity index (χ2v) is 9.34. The minimum atomic E-state index is -4.35. The number of pyridine rings is 1. The Balaban J connectivity index is 1.48. The number of unbranched alkanes of at least 4 members (excludes halogenated alkanes) is 2. The summed E-state index contributed by atoms with van der Waals surface area (Å²) in [5, 5.41) is 0. The monoisotopic (exact) mass is 599 g/mol. The van der Waals surface area contributed by atoms with E-state index in [1.54, 1.807) is 12.3 Å². The van der Waals surface area contributed by atoms with E-state index in [-0.39, 0.29) is 5.56 Å². The average molecular weight is 600 g/mol. The molecule has 43 heavy (non-hydrogen) atoms. The molecule has 0 radical (unpaired) electrons. The largest absolute Gasteiger partial charge is 0.429 e. The van der Waals surface area contributed by atoms with Crippen molar-refractivity contribution in [1.82, 2.24) is 4.98 Å². The van der Waals surface area contributed by atoms with E-state index in [1.807, 2.05) is 12.0 Å². The van der Waals surface area contributed by atoms with Crippen LogP contribution in [0.25, 0.3) is 0 Å². The Morgan fingerprint density at radius 2 is 1.35 bits per heavy atom. The van der Waals surface area contributed by atoms with Gasteiger partial charge in [0.2, 0.25) is 0 Å². The highest BCUT2D eigenvalue weighted by atomic mass is 19.3. The summed E-state index contributed by atoms with van der Waals surface area (Å²) in [6.07, 6.45) is 1.48. The first-order chi connectivity index (χ1) is 20.5. The van der Waals surface area contributed by atoms with Gasteiger partial charge in [-0.25, -0.2) is 31.3 Å². The predicted octanol–water partition coefficient (Wildman–Crippen LogP) is 8.58. The fraction of sp³-hybridized carbons (Fsp3) is 0.182. The Morgan fingerprint density at radius 3 is 1.95 bits per heavy atom. The third-order valence-electron chi connectivity index (χ3n) is 6.09. The molecule has 10 heteroatoms. The van der Waals surface area contributed by atoms with Gasteiger partial charge >= 0.3 is 6.11 Å². The minimum Gasteiger partial charge on any atom is -0.429 e. The molecule has 0 saturated carbocycles. The molecule has 4 aromatic rings. The lowest BCUT2D eigenvalue weighted by atomic mass is 10.1. The Labute approximate surface area is 242 Å². The first-order valence-corrected chi connectivity index (χ1v) is 13.0. The molecule has 0 fully saturated rings. The van der Waals surface area contributed by atoms with E-state index in [0.29, 0.717) is 30.0 Å². The molecule has 3 aromatic carbocycles. The number of hydrogen-bond donors (Lipinski definition) is 0. The molecule has 1 heterocycles. The van der Waals surface area contributed by atoms with Crippen molar-refractivity contribution >= 4 is 0 Å². The van der Waals surface area contributed by atoms with Gasteiger partial charge in [-0.1, -0.05) is 43.6 Å². The summed E-state index contributed by atoms with van der Waals surface area (Å²) in [6.45, 7) is 2.11. The van der Waals surface area contributed by atoms with E-state index in [2.05, 4.69) is 34.4 Å². The molecule has 0 aliphatic heterocycles. The van der Waals surface area contributed by atoms with E-state index in [9.17, 15) is 35.1 Å². The van der Waals surface area contributed by atoms with Gasteiger partial charge < -0.3 is 4.74 Å². The van der Waals surface area contributed by atoms with Crippen LogP contribution in [0.5, 0.6) is 5.75 Å². The molecule has 4 rings (SSSR count). The van der Waals surface area contributed by atoms with Crippen LogP contribution in [-0.4, -0.2) is 4.98 Å². The second kappa shape index (κ2) is 13.4. The highest BCUT2D eigenvalue weighted by molar-refractivity contribution is 5.47. The molecule has 220 valence electrons. The maximum absolute atomic E-state index is 14.8. The molecule has 0 aliphatic rings. The summed E-state index contributed by atoms with van der Waals surface area (Å²) < 4.78 is 117. The number of alkyl halides is 2. The summed E-state index contributed by atoms with van der Waals surface area (Å²) >= 11 is 0. The zero-order chi connectivity index (χ0) is 31.1. The van der Waals surface area contributed by atoms with Crippen molar-refractivity contribution in [3.63, 3.8) is 0 Å². The quantitative estimate of drug-likeness (QED) is 0.0919. The molecule has 2 nitrogen and oxygen atoms in total. The van der Waals surface area contributed by atoms with Gasteiger partial charge in [-0.2, -0.15) is 8.78 Å². The number of hydrogen-bond acceptors (Lipinski definition) is 2. The van der Waals surface area contributed by atoms with Gasteiger partial charge in [-0.3, -0.25) is 0 Å². The number of rotatable bonds is 7. The molecule has 0 amide bonds. The molecule has 0 aliphatic carbocycles. The van der Waals surface area contributed by atoms with E-state index >= 15 is 0 Å². The van der Waals surface area contributed by atoms with Crippen molar-refractivity contribution in [3.05, 3.63) is 129 Å². The van der Waals surface area contributed by atoms with Crippen molar-refractivity contribution in [3.8, 4) is 29.4 Å². The van der Waals surface area contributed by atoms with E-state index in [1.165, 1.54) is 0 Å². The lowest BCUT2D eigenvalue weighted by molar-refractivity contribution is -0.187. The van der Waals surface area contributed by atoms with Crippen molar-refractivity contribution in [2.24, 2.45) is 0 Å². The molecule has 0 atom stereocenters. The van der Waals surface area contributed by atoms with Gasteiger partial charge in [0, 0.05) is 29.5 Å². The Morgan fingerprint density at radius 1 is 0.698 bits per heavy atom. The Hall–Kier alpha value is -4.83. The van der Waals surface area contributed by atoms with E-state index in [0.717, 1.165) is 49.4 Å².